The molecule has 8 N–H and O–H groups in total. The van der Waals surface area contributed by atoms with Gasteiger partial charge in [-0.2, -0.15) is 0 Å². The molecular weight excluding hydrogens is 488 g/mol. The molecule has 35 heavy (non-hydrogen) atoms. The molecule has 0 aliphatic carbocycles. The average Bonchev–Trinajstić information content (AvgIpc) is 3.47. The molecule has 0 aliphatic rings. The van der Waals surface area contributed by atoms with Gasteiger partial charge in [0.15, 0.2) is 0 Å². The Bertz CT molecular complexity index is 1150. The van der Waals surface area contributed by atoms with Crippen LogP contribution in [0.2, 0.25) is 0 Å². The summed E-state index contributed by atoms with van der Waals surface area (Å²) in [5, 5.41) is 39.0. The minimum atomic E-state index is -5.17. The van der Waals surface area contributed by atoms with Crippen molar-refractivity contribution in [3.8, 4) is 11.5 Å². The van der Waals surface area contributed by atoms with Gasteiger partial charge < -0.3 is 30.3 Å². The molecule has 2 aromatic carbocycles. The maximum absolute atomic E-state index is 9.04. The summed E-state index contributed by atoms with van der Waals surface area (Å²) in [6.45, 7) is 0. The molecule has 0 fully saturated rings. The molecule has 0 saturated heterocycles. The van der Waals surface area contributed by atoms with Gasteiger partial charge in [-0.1, -0.05) is 0 Å². The number of nitrogens with one attached hydrogen (secondary N) is 2. The number of hydrogen-bond donors (Lipinski definition) is 4. The lowest BCUT2D eigenvalue weighted by atomic mass is 10.2. The predicted octanol–water partition coefficient (Wildman–Crippen LogP) is -2.42. The van der Waals surface area contributed by atoms with Crippen molar-refractivity contribution >= 4 is 22.8 Å². The highest BCUT2D eigenvalue weighted by atomic mass is 32.3. The van der Waals surface area contributed by atoms with E-state index < -0.39 is 10.4 Å². The minimum absolute atomic E-state index is 0. The van der Waals surface area contributed by atoms with Crippen molar-refractivity contribution in [3.05, 3.63) is 85.0 Å². The zero-order valence-electron chi connectivity index (χ0n) is 17.7. The van der Waals surface area contributed by atoms with Crippen molar-refractivity contribution in [2.45, 2.75) is 0 Å². The van der Waals surface area contributed by atoms with E-state index in [0.29, 0.717) is 0 Å². The normalized spacial score (nSPS) is 10.3. The molecule has 188 valence electrons. The van der Waals surface area contributed by atoms with Gasteiger partial charge in [-0.3, -0.25) is 8.42 Å². The number of nitrogens with zero attached hydrogens (tertiary/aromatic N) is 6. The molecule has 0 bridgehead atoms. The Balaban J connectivity index is 0.000000531. The van der Waals surface area contributed by atoms with Crippen LogP contribution in [-0.4, -0.2) is 71.5 Å². The molecule has 0 saturated carbocycles. The second-order valence-electron chi connectivity index (χ2n) is 5.85. The summed E-state index contributed by atoms with van der Waals surface area (Å²) >= 11 is 0. The number of hydrogen-bond acceptors (Lipinski definition) is 10. The lowest BCUT2D eigenvalue weighted by Gasteiger charge is -2.06. The van der Waals surface area contributed by atoms with Crippen LogP contribution in [0.15, 0.2) is 84.0 Å². The van der Waals surface area contributed by atoms with Gasteiger partial charge in [0, 0.05) is 20.6 Å². The van der Waals surface area contributed by atoms with Crippen molar-refractivity contribution in [1.29, 1.82) is 0 Å². The fourth-order valence-corrected chi connectivity index (χ4v) is 1.95. The van der Waals surface area contributed by atoms with Crippen molar-refractivity contribution in [1.82, 2.24) is 20.4 Å². The van der Waals surface area contributed by atoms with E-state index >= 15 is 0 Å². The maximum Gasteiger partial charge on any atom is 0.288 e. The van der Waals surface area contributed by atoms with E-state index in [-0.39, 0.29) is 22.5 Å². The van der Waals surface area contributed by atoms with Gasteiger partial charge in [-0.15, -0.1) is 29.8 Å². The largest absolute Gasteiger partial charge is 0.759 e. The second kappa shape index (κ2) is 15.3. The minimum Gasteiger partial charge on any atom is -0.759 e. The van der Waals surface area contributed by atoms with Gasteiger partial charge >= 0.3 is 0 Å². The van der Waals surface area contributed by atoms with Gasteiger partial charge in [0.2, 0.25) is 12.7 Å². The third-order valence-corrected chi connectivity index (χ3v) is 3.35. The first kappa shape index (κ1) is 30.5. The summed E-state index contributed by atoms with van der Waals surface area (Å²) in [6, 6.07) is 13.6. The third kappa shape index (κ3) is 14.3. The summed E-state index contributed by atoms with van der Waals surface area (Å²) < 4.78 is 37.2. The topological polar surface area (TPSA) is 274 Å². The van der Waals surface area contributed by atoms with Crippen molar-refractivity contribution in [3.63, 3.8) is 0 Å². The molecule has 2 heterocycles. The van der Waals surface area contributed by atoms with Gasteiger partial charge in [0.05, 0.1) is 12.4 Å². The quantitative estimate of drug-likeness (QED) is 0.0989. The summed E-state index contributed by atoms with van der Waals surface area (Å²) in [4.78, 5) is 0. The Morgan fingerprint density at radius 3 is 1.31 bits per heavy atom. The van der Waals surface area contributed by atoms with Gasteiger partial charge in [0.1, 0.15) is 11.5 Å². The maximum atomic E-state index is 9.04. The zero-order valence-corrected chi connectivity index (χ0v) is 18.5. The Kier molecular flexibility index (Phi) is 13.3. The number of phenolic OH excluding ortho intramolecular Hbond substituents is 2. The number of H-pyrrole nitrogens is 2. The van der Waals surface area contributed by atoms with Crippen LogP contribution >= 0.6 is 0 Å². The molecule has 16 nitrogen and oxygen atoms in total. The predicted molar refractivity (Wildman–Crippen MR) is 117 cm³/mol. The molecule has 17 heteroatoms. The second-order valence-corrected chi connectivity index (χ2v) is 6.66. The molecule has 0 unspecified atom stereocenters. The van der Waals surface area contributed by atoms with Crippen LogP contribution < -0.4 is 9.35 Å². The number of rotatable bonds is 4. The number of aromatic hydroxyl groups is 2. The monoisotopic (exact) mass is 510 g/mol. The van der Waals surface area contributed by atoms with E-state index in [1.165, 1.54) is 0 Å². The van der Waals surface area contributed by atoms with Crippen LogP contribution in [0.5, 0.6) is 11.5 Å². The highest BCUT2D eigenvalue weighted by Crippen LogP contribution is 2.08. The number of aromatic amines is 2. The van der Waals surface area contributed by atoms with Crippen LogP contribution in [0.4, 0.5) is 0 Å². The first-order valence-electron chi connectivity index (χ1n) is 8.82. The molecule has 2 aromatic heterocycles. The van der Waals surface area contributed by atoms with E-state index in [1.807, 2.05) is 0 Å². The van der Waals surface area contributed by atoms with Crippen molar-refractivity contribution in [2.24, 2.45) is 10.2 Å². The van der Waals surface area contributed by atoms with Crippen LogP contribution in [0, 0.1) is 0 Å². The van der Waals surface area contributed by atoms with Crippen LogP contribution in [-0.2, 0) is 10.4 Å². The van der Waals surface area contributed by atoms with E-state index in [9.17, 15) is 0 Å². The average molecular weight is 510 g/mol. The highest BCUT2D eigenvalue weighted by molar-refractivity contribution is 7.79. The summed E-state index contributed by atoms with van der Waals surface area (Å²) in [7, 11) is -5.17. The van der Waals surface area contributed by atoms with E-state index in [0.717, 1.165) is 11.1 Å². The fraction of sp³-hybridized carbons (Fsp3) is 0. The summed E-state index contributed by atoms with van der Waals surface area (Å²) in [5.74, 6) is 0.497. The molecule has 0 aliphatic heterocycles. The standard InChI is InChI=1S/2C9H8N4O.H2O4S.2H2O/c2*14-9-3-1-8(2-4-9)5-12-13-6-10-11-7-13;1-5(2,3)4;;/h2*1-7H,(H,12,14);(H2,1,2,3,4);2*1H2. The number of benzene rings is 2. The molecule has 4 rings (SSSR count). The van der Waals surface area contributed by atoms with E-state index in [2.05, 4.69) is 30.6 Å². The molecule has 0 atom stereocenters. The first-order chi connectivity index (χ1) is 15.7. The smallest absolute Gasteiger partial charge is 0.288 e. The van der Waals surface area contributed by atoms with Crippen LogP contribution in [0.3, 0.4) is 0 Å². The number of aromatic nitrogens is 6. The Morgan fingerprint density at radius 1 is 0.743 bits per heavy atom. The zero-order chi connectivity index (χ0) is 24.1. The summed E-state index contributed by atoms with van der Waals surface area (Å²) in [6.07, 6.45) is 9.70. The lowest BCUT2D eigenvalue weighted by molar-refractivity contribution is -0.678. The van der Waals surface area contributed by atoms with E-state index in [1.54, 1.807) is 95.6 Å². The molecule has 0 amide bonds. The van der Waals surface area contributed by atoms with Crippen molar-refractivity contribution in [2.75, 3.05) is 0 Å². The molecule has 0 radical (unpaired) electrons. The van der Waals surface area contributed by atoms with E-state index in [4.69, 9.17) is 27.7 Å². The number of phenols is 2. The Hall–Kier alpha value is -4.55. The first-order valence-corrected chi connectivity index (χ1v) is 10.2. The third-order valence-electron chi connectivity index (χ3n) is 3.35. The van der Waals surface area contributed by atoms with Crippen LogP contribution in [0.1, 0.15) is 11.1 Å². The molecule has 0 spiro atoms. The molecule has 4 aromatic rings. The highest BCUT2D eigenvalue weighted by Gasteiger charge is 1.94. The fourth-order valence-electron chi connectivity index (χ4n) is 1.95. The Morgan fingerprint density at radius 2 is 1.06 bits per heavy atom. The van der Waals surface area contributed by atoms with Gasteiger partial charge in [-0.25, -0.2) is 0 Å². The van der Waals surface area contributed by atoms with Crippen LogP contribution in [0.25, 0.3) is 0 Å². The van der Waals surface area contributed by atoms with Crippen molar-refractivity contribution < 1.29 is 48.0 Å². The van der Waals surface area contributed by atoms with Gasteiger partial charge in [0.25, 0.3) is 12.7 Å². The lowest BCUT2D eigenvalue weighted by Crippen LogP contribution is -2.23. The molecular formula is C18H22N8O8S. The van der Waals surface area contributed by atoms with Gasteiger partial charge in [-0.05, 0) is 59.7 Å². The SMILES string of the molecule is O.O.O=S(=O)([O-])[O-].Oc1ccc(/C=N/[n+]2cn[nH]c2)cc1.Oc1ccc(/C=N/[n+]2cn[nH]c2)cc1. The Labute approximate surface area is 198 Å². The summed E-state index contributed by atoms with van der Waals surface area (Å²) in [5.41, 5.74) is 1.83.